The zero-order chi connectivity index (χ0) is 12.1. The summed E-state index contributed by atoms with van der Waals surface area (Å²) in [5.74, 6) is 2.07. The van der Waals surface area contributed by atoms with Crippen LogP contribution in [0.2, 0.25) is 6.04 Å². The van der Waals surface area contributed by atoms with Gasteiger partial charge in [0, 0.05) is 6.61 Å². The molecule has 1 unspecified atom stereocenters. The van der Waals surface area contributed by atoms with Crippen molar-refractivity contribution in [1.29, 1.82) is 0 Å². The fourth-order valence-corrected chi connectivity index (χ4v) is 3.77. The molecule has 1 aliphatic rings. The van der Waals surface area contributed by atoms with Crippen molar-refractivity contribution in [3.63, 3.8) is 0 Å². The van der Waals surface area contributed by atoms with Gasteiger partial charge in [0.15, 0.2) is 11.5 Å². The number of benzene rings is 1. The molecular weight excluding hydrogens is 236 g/mol. The minimum Gasteiger partial charge on any atom is -0.519 e. The van der Waals surface area contributed by atoms with Gasteiger partial charge in [-0.25, -0.2) is 0 Å². The smallest absolute Gasteiger partial charge is 0.382 e. The average Bonchev–Trinajstić information content (AvgIpc) is 2.39. The number of hydrogen-bond donors (Lipinski definition) is 0. The molecule has 0 saturated carbocycles. The maximum atomic E-state index is 5.93. The fourth-order valence-electron chi connectivity index (χ4n) is 1.90. The summed E-state index contributed by atoms with van der Waals surface area (Å²) in [6.45, 7) is 0.823. The molecule has 0 N–H and O–H groups in total. The summed E-state index contributed by atoms with van der Waals surface area (Å²) < 4.78 is 22.2. The van der Waals surface area contributed by atoms with Crippen molar-refractivity contribution in [2.24, 2.45) is 0 Å². The van der Waals surface area contributed by atoms with Crippen LogP contribution in [0.1, 0.15) is 12.8 Å². The number of para-hydroxylation sites is 1. The van der Waals surface area contributed by atoms with Crippen LogP contribution >= 0.6 is 0 Å². The van der Waals surface area contributed by atoms with Crippen molar-refractivity contribution in [3.8, 4) is 17.2 Å². The second-order valence-electron chi connectivity index (χ2n) is 3.91. The lowest BCUT2D eigenvalue weighted by molar-refractivity contribution is 0.233. The number of methoxy groups -OCH3 is 2. The fraction of sp³-hybridized carbons (Fsp3) is 0.500. The Morgan fingerprint density at radius 1 is 1.12 bits per heavy atom. The molecule has 2 rings (SSSR count). The Kier molecular flexibility index (Phi) is 4.28. The van der Waals surface area contributed by atoms with Crippen molar-refractivity contribution in [1.82, 2.24) is 0 Å². The Labute approximate surface area is 103 Å². The summed E-state index contributed by atoms with van der Waals surface area (Å²) in [6, 6.07) is 6.70. The van der Waals surface area contributed by atoms with E-state index >= 15 is 0 Å². The summed E-state index contributed by atoms with van der Waals surface area (Å²) in [5.41, 5.74) is 0. The van der Waals surface area contributed by atoms with E-state index in [1.54, 1.807) is 14.2 Å². The van der Waals surface area contributed by atoms with Crippen LogP contribution in [0.3, 0.4) is 0 Å². The summed E-state index contributed by atoms with van der Waals surface area (Å²) in [4.78, 5) is 0. The van der Waals surface area contributed by atoms with Gasteiger partial charge in [-0.05, 0) is 31.0 Å². The third kappa shape index (κ3) is 2.92. The van der Waals surface area contributed by atoms with Crippen LogP contribution < -0.4 is 13.9 Å². The van der Waals surface area contributed by atoms with Gasteiger partial charge in [-0.1, -0.05) is 6.07 Å². The molecule has 4 nitrogen and oxygen atoms in total. The van der Waals surface area contributed by atoms with Crippen molar-refractivity contribution in [2.75, 3.05) is 20.8 Å². The number of ether oxygens (including phenoxy) is 2. The summed E-state index contributed by atoms with van der Waals surface area (Å²) in [5, 5.41) is 0. The molecule has 17 heavy (non-hydrogen) atoms. The lowest BCUT2D eigenvalue weighted by Gasteiger charge is -2.23. The largest absolute Gasteiger partial charge is 0.519 e. The molecule has 1 heterocycles. The van der Waals surface area contributed by atoms with E-state index in [0.717, 1.165) is 24.8 Å². The van der Waals surface area contributed by atoms with Crippen LogP contribution in [0.15, 0.2) is 18.2 Å². The van der Waals surface area contributed by atoms with Crippen LogP contribution in [0.25, 0.3) is 0 Å². The SMILES string of the molecule is COc1cccc(O[SiH]2CCCCO2)c1OC. The molecule has 1 aromatic carbocycles. The quantitative estimate of drug-likeness (QED) is 0.771. The standard InChI is InChI=1S/C12H18O4Si/c1-13-10-6-5-7-11(12(10)14-2)16-17-9-4-3-8-15-17/h5-7,17H,3-4,8-9H2,1-2H3. The van der Waals surface area contributed by atoms with Gasteiger partial charge in [-0.2, -0.15) is 0 Å². The van der Waals surface area contributed by atoms with Gasteiger partial charge < -0.3 is 18.3 Å². The minimum absolute atomic E-state index is 0.650. The highest BCUT2D eigenvalue weighted by molar-refractivity contribution is 6.45. The molecular formula is C12H18O4Si. The topological polar surface area (TPSA) is 36.9 Å². The molecule has 1 atom stereocenters. The molecule has 0 aromatic heterocycles. The third-order valence-electron chi connectivity index (χ3n) is 2.76. The Morgan fingerprint density at radius 2 is 1.94 bits per heavy atom. The molecule has 5 heteroatoms. The minimum atomic E-state index is -1.56. The summed E-state index contributed by atoms with van der Waals surface area (Å²) in [6.07, 6.45) is 2.34. The molecule has 0 radical (unpaired) electrons. The van der Waals surface area contributed by atoms with Crippen LogP contribution in [-0.2, 0) is 4.43 Å². The predicted octanol–water partition coefficient (Wildman–Crippen LogP) is 2.11. The first-order valence-electron chi connectivity index (χ1n) is 5.84. The predicted molar refractivity (Wildman–Crippen MR) is 67.3 cm³/mol. The van der Waals surface area contributed by atoms with Gasteiger partial charge in [0.05, 0.1) is 14.2 Å². The van der Waals surface area contributed by atoms with E-state index in [2.05, 4.69) is 0 Å². The molecule has 0 amide bonds. The van der Waals surface area contributed by atoms with E-state index < -0.39 is 9.28 Å². The van der Waals surface area contributed by atoms with Crippen LogP contribution in [0, 0.1) is 0 Å². The Hall–Kier alpha value is -1.20. The van der Waals surface area contributed by atoms with Crippen LogP contribution in [-0.4, -0.2) is 30.1 Å². The van der Waals surface area contributed by atoms with Crippen molar-refractivity contribution >= 4 is 9.28 Å². The molecule has 1 fully saturated rings. The lowest BCUT2D eigenvalue weighted by atomic mass is 10.3. The summed E-state index contributed by atoms with van der Waals surface area (Å²) >= 11 is 0. The zero-order valence-electron chi connectivity index (χ0n) is 10.3. The van der Waals surface area contributed by atoms with Crippen LogP contribution in [0.4, 0.5) is 0 Å². The van der Waals surface area contributed by atoms with Gasteiger partial charge >= 0.3 is 9.28 Å². The first-order chi connectivity index (χ1) is 8.35. The Bertz CT molecular complexity index is 364. The zero-order valence-corrected chi connectivity index (χ0v) is 11.4. The van der Waals surface area contributed by atoms with Crippen molar-refractivity contribution < 1.29 is 18.3 Å². The molecule has 1 saturated heterocycles. The molecule has 0 bridgehead atoms. The van der Waals surface area contributed by atoms with E-state index in [1.807, 2.05) is 18.2 Å². The highest BCUT2D eigenvalue weighted by Crippen LogP contribution is 2.37. The normalized spacial score (nSPS) is 19.8. The van der Waals surface area contributed by atoms with Crippen LogP contribution in [0.5, 0.6) is 17.2 Å². The molecule has 1 aliphatic heterocycles. The van der Waals surface area contributed by atoms with Gasteiger partial charge in [-0.3, -0.25) is 0 Å². The maximum absolute atomic E-state index is 5.93. The molecule has 0 spiro atoms. The second-order valence-corrected chi connectivity index (χ2v) is 5.91. The van der Waals surface area contributed by atoms with Crippen molar-refractivity contribution in [2.45, 2.75) is 18.9 Å². The highest BCUT2D eigenvalue weighted by Gasteiger charge is 2.21. The highest BCUT2D eigenvalue weighted by atomic mass is 28.3. The van der Waals surface area contributed by atoms with E-state index in [1.165, 1.54) is 6.42 Å². The number of rotatable bonds is 4. The van der Waals surface area contributed by atoms with Gasteiger partial charge in [0.2, 0.25) is 5.75 Å². The van der Waals surface area contributed by atoms with Gasteiger partial charge in [0.1, 0.15) is 0 Å². The van der Waals surface area contributed by atoms with E-state index in [9.17, 15) is 0 Å². The second kappa shape index (κ2) is 5.93. The lowest BCUT2D eigenvalue weighted by Crippen LogP contribution is -2.30. The first-order valence-corrected chi connectivity index (χ1v) is 7.60. The van der Waals surface area contributed by atoms with E-state index in [-0.39, 0.29) is 0 Å². The van der Waals surface area contributed by atoms with Gasteiger partial charge in [0.25, 0.3) is 0 Å². The van der Waals surface area contributed by atoms with Crippen molar-refractivity contribution in [3.05, 3.63) is 18.2 Å². The van der Waals surface area contributed by atoms with E-state index in [4.69, 9.17) is 18.3 Å². The molecule has 1 aromatic rings. The van der Waals surface area contributed by atoms with E-state index in [0.29, 0.717) is 11.5 Å². The summed E-state index contributed by atoms with van der Waals surface area (Å²) in [7, 11) is 1.68. The maximum Gasteiger partial charge on any atom is 0.382 e. The molecule has 0 aliphatic carbocycles. The average molecular weight is 254 g/mol. The first kappa shape index (κ1) is 12.3. The number of hydrogen-bond acceptors (Lipinski definition) is 4. The van der Waals surface area contributed by atoms with Gasteiger partial charge in [-0.15, -0.1) is 0 Å². The monoisotopic (exact) mass is 254 g/mol. The Balaban J connectivity index is 2.13. The molecule has 94 valence electrons. The Morgan fingerprint density at radius 3 is 2.59 bits per heavy atom. The third-order valence-corrected chi connectivity index (χ3v) is 4.77.